The van der Waals surface area contributed by atoms with Crippen LogP contribution in [0.2, 0.25) is 0 Å². The molecule has 0 radical (unpaired) electrons. The number of anilines is 1. The highest BCUT2D eigenvalue weighted by Crippen LogP contribution is 2.40. The monoisotopic (exact) mass is 506 g/mol. The molecule has 0 N–H and O–H groups in total. The van der Waals surface area contributed by atoms with E-state index in [1.54, 1.807) is 28.3 Å². The first-order valence-electron chi connectivity index (χ1n) is 12.4. The van der Waals surface area contributed by atoms with Gasteiger partial charge in [-0.3, -0.25) is 4.79 Å². The van der Waals surface area contributed by atoms with Crippen LogP contribution in [0.25, 0.3) is 11.3 Å². The molecule has 1 aliphatic rings. The van der Waals surface area contributed by atoms with Gasteiger partial charge in [0, 0.05) is 31.7 Å². The minimum Gasteiger partial charge on any atom is -0.493 e. The molecule has 37 heavy (non-hydrogen) atoms. The molecule has 0 bridgehead atoms. The molecule has 4 rings (SSSR count). The first-order chi connectivity index (χ1) is 18.0. The Bertz CT molecular complexity index is 1170. The number of hydrogen-bond acceptors (Lipinski definition) is 8. The Labute approximate surface area is 217 Å². The number of hydrogen-bond donors (Lipinski definition) is 0. The second-order valence-corrected chi connectivity index (χ2v) is 8.76. The Kier molecular flexibility index (Phi) is 8.32. The van der Waals surface area contributed by atoms with Gasteiger partial charge in [0.25, 0.3) is 5.91 Å². The third-order valence-electron chi connectivity index (χ3n) is 6.52. The SMILES string of the molecule is CCc1ccc(OC(C)C(=O)N2CCN(c3ccc(-c4cc(OC)c(OC)c(OC)c4)nn3)CC2)cc1. The molecular weight excluding hydrogens is 472 g/mol. The number of rotatable bonds is 9. The number of benzene rings is 2. The number of carbonyl (C=O) groups is 1. The number of nitrogens with zero attached hydrogens (tertiary/aromatic N) is 4. The van der Waals surface area contributed by atoms with Gasteiger partial charge in [0.1, 0.15) is 5.75 Å². The minimum atomic E-state index is -0.545. The molecule has 0 spiro atoms. The standard InChI is InChI=1S/C28H34N4O5/c1-6-20-7-9-22(10-8-20)37-19(2)28(33)32-15-13-31(14-16-32)26-12-11-23(29-30-26)21-17-24(34-3)27(36-5)25(18-21)35-4/h7-12,17-19H,6,13-16H2,1-5H3. The molecule has 1 amide bonds. The van der Waals surface area contributed by atoms with Crippen molar-refractivity contribution in [2.24, 2.45) is 0 Å². The lowest BCUT2D eigenvalue weighted by Crippen LogP contribution is -2.52. The van der Waals surface area contributed by atoms with Crippen LogP contribution in [0.1, 0.15) is 19.4 Å². The Balaban J connectivity index is 1.36. The fourth-order valence-corrected chi connectivity index (χ4v) is 4.35. The third-order valence-corrected chi connectivity index (χ3v) is 6.52. The number of aryl methyl sites for hydroxylation is 1. The molecule has 9 nitrogen and oxygen atoms in total. The van der Waals surface area contributed by atoms with Crippen LogP contribution in [0, 0.1) is 0 Å². The smallest absolute Gasteiger partial charge is 0.263 e. The third kappa shape index (κ3) is 5.87. The van der Waals surface area contributed by atoms with Crippen molar-refractivity contribution < 1.29 is 23.7 Å². The van der Waals surface area contributed by atoms with Gasteiger partial charge >= 0.3 is 0 Å². The lowest BCUT2D eigenvalue weighted by molar-refractivity contribution is -0.138. The highest BCUT2D eigenvalue weighted by molar-refractivity contribution is 5.81. The molecular formula is C28H34N4O5. The maximum Gasteiger partial charge on any atom is 0.263 e. The highest BCUT2D eigenvalue weighted by atomic mass is 16.5. The fraction of sp³-hybridized carbons (Fsp3) is 0.393. The molecule has 1 atom stereocenters. The first kappa shape index (κ1) is 26.1. The summed E-state index contributed by atoms with van der Waals surface area (Å²) in [6.07, 6.45) is 0.425. The summed E-state index contributed by atoms with van der Waals surface area (Å²) in [5.41, 5.74) is 2.74. The second kappa shape index (κ2) is 11.8. The average Bonchev–Trinajstić information content (AvgIpc) is 2.96. The maximum atomic E-state index is 12.9. The summed E-state index contributed by atoms with van der Waals surface area (Å²) in [6.45, 7) is 6.44. The van der Waals surface area contributed by atoms with Gasteiger partial charge in [-0.25, -0.2) is 0 Å². The van der Waals surface area contributed by atoms with E-state index in [1.807, 2.05) is 53.4 Å². The molecule has 1 saturated heterocycles. The fourth-order valence-electron chi connectivity index (χ4n) is 4.35. The zero-order chi connectivity index (χ0) is 26.4. The van der Waals surface area contributed by atoms with E-state index < -0.39 is 6.10 Å². The summed E-state index contributed by atoms with van der Waals surface area (Å²) in [7, 11) is 4.73. The Hall–Kier alpha value is -4.01. The van der Waals surface area contributed by atoms with Crippen LogP contribution in [0.15, 0.2) is 48.5 Å². The van der Waals surface area contributed by atoms with Gasteiger partial charge in [0.05, 0.1) is 27.0 Å². The second-order valence-electron chi connectivity index (χ2n) is 8.76. The number of amides is 1. The van der Waals surface area contributed by atoms with Gasteiger partial charge in [-0.05, 0) is 55.3 Å². The molecule has 1 fully saturated rings. The number of carbonyl (C=O) groups excluding carboxylic acids is 1. The molecule has 1 unspecified atom stereocenters. The summed E-state index contributed by atoms with van der Waals surface area (Å²) in [5.74, 6) is 3.10. The van der Waals surface area contributed by atoms with E-state index in [2.05, 4.69) is 22.0 Å². The predicted molar refractivity (Wildman–Crippen MR) is 142 cm³/mol. The van der Waals surface area contributed by atoms with Gasteiger partial charge in [-0.1, -0.05) is 19.1 Å². The first-order valence-corrected chi connectivity index (χ1v) is 12.4. The minimum absolute atomic E-state index is 0.0111. The summed E-state index contributed by atoms with van der Waals surface area (Å²) in [5, 5.41) is 8.87. The van der Waals surface area contributed by atoms with Crippen molar-refractivity contribution in [3.63, 3.8) is 0 Å². The molecule has 0 saturated carbocycles. The Morgan fingerprint density at radius 2 is 1.54 bits per heavy atom. The van der Waals surface area contributed by atoms with Gasteiger partial charge in [-0.2, -0.15) is 0 Å². The van der Waals surface area contributed by atoms with Crippen LogP contribution in [0.5, 0.6) is 23.0 Å². The number of ether oxygens (including phenoxy) is 4. The van der Waals surface area contributed by atoms with Crippen molar-refractivity contribution in [1.82, 2.24) is 15.1 Å². The van der Waals surface area contributed by atoms with Gasteiger partial charge in [0.2, 0.25) is 5.75 Å². The van der Waals surface area contributed by atoms with E-state index in [9.17, 15) is 4.79 Å². The lowest BCUT2D eigenvalue weighted by atomic mass is 10.1. The Morgan fingerprint density at radius 3 is 2.05 bits per heavy atom. The average molecular weight is 507 g/mol. The van der Waals surface area contributed by atoms with Gasteiger partial charge in [-0.15, -0.1) is 10.2 Å². The van der Waals surface area contributed by atoms with Crippen LogP contribution in [-0.2, 0) is 11.2 Å². The van der Waals surface area contributed by atoms with E-state index in [0.29, 0.717) is 54.9 Å². The van der Waals surface area contributed by atoms with Crippen molar-refractivity contribution in [3.8, 4) is 34.3 Å². The molecule has 0 aliphatic carbocycles. The quantitative estimate of drug-likeness (QED) is 0.433. The van der Waals surface area contributed by atoms with Crippen LogP contribution >= 0.6 is 0 Å². The van der Waals surface area contributed by atoms with Crippen molar-refractivity contribution in [3.05, 3.63) is 54.1 Å². The van der Waals surface area contributed by atoms with Crippen LogP contribution < -0.4 is 23.8 Å². The zero-order valence-electron chi connectivity index (χ0n) is 22.1. The molecule has 2 heterocycles. The summed E-state index contributed by atoms with van der Waals surface area (Å²) < 4.78 is 22.2. The molecule has 3 aromatic rings. The van der Waals surface area contributed by atoms with E-state index in [0.717, 1.165) is 17.8 Å². The number of piperazine rings is 1. The molecule has 1 aliphatic heterocycles. The largest absolute Gasteiger partial charge is 0.493 e. The van der Waals surface area contributed by atoms with Gasteiger partial charge < -0.3 is 28.7 Å². The topological polar surface area (TPSA) is 86.3 Å². The van der Waals surface area contributed by atoms with Crippen LogP contribution in [-0.4, -0.2) is 74.6 Å². The van der Waals surface area contributed by atoms with Crippen LogP contribution in [0.3, 0.4) is 0 Å². The van der Waals surface area contributed by atoms with E-state index in [1.165, 1.54) is 5.56 Å². The van der Waals surface area contributed by atoms with Crippen molar-refractivity contribution >= 4 is 11.7 Å². The van der Waals surface area contributed by atoms with Crippen LogP contribution in [0.4, 0.5) is 5.82 Å². The predicted octanol–water partition coefficient (Wildman–Crippen LogP) is 3.85. The number of methoxy groups -OCH3 is 3. The molecule has 2 aromatic carbocycles. The summed E-state index contributed by atoms with van der Waals surface area (Å²) >= 11 is 0. The van der Waals surface area contributed by atoms with Crippen molar-refractivity contribution in [2.45, 2.75) is 26.4 Å². The number of aromatic nitrogens is 2. The molecule has 196 valence electrons. The molecule has 1 aromatic heterocycles. The van der Waals surface area contributed by atoms with E-state index in [-0.39, 0.29) is 5.91 Å². The maximum absolute atomic E-state index is 12.9. The lowest BCUT2D eigenvalue weighted by Gasteiger charge is -2.36. The zero-order valence-corrected chi connectivity index (χ0v) is 22.1. The Morgan fingerprint density at radius 1 is 0.892 bits per heavy atom. The van der Waals surface area contributed by atoms with E-state index in [4.69, 9.17) is 18.9 Å². The summed E-state index contributed by atoms with van der Waals surface area (Å²) in [6, 6.07) is 15.4. The van der Waals surface area contributed by atoms with Crippen molar-refractivity contribution in [2.75, 3.05) is 52.4 Å². The molecule has 9 heteroatoms. The van der Waals surface area contributed by atoms with Crippen molar-refractivity contribution in [1.29, 1.82) is 0 Å². The summed E-state index contributed by atoms with van der Waals surface area (Å²) in [4.78, 5) is 16.9. The van der Waals surface area contributed by atoms with Gasteiger partial charge in [0.15, 0.2) is 23.4 Å². The van der Waals surface area contributed by atoms with E-state index >= 15 is 0 Å². The highest BCUT2D eigenvalue weighted by Gasteiger charge is 2.27. The normalized spacial score (nSPS) is 14.2.